The second kappa shape index (κ2) is 3.69. The fourth-order valence-corrected chi connectivity index (χ4v) is 2.17. The van der Waals surface area contributed by atoms with Gasteiger partial charge in [0, 0.05) is 30.7 Å². The minimum Gasteiger partial charge on any atom is -0.368 e. The molecule has 0 saturated carbocycles. The molecule has 2 N–H and O–H groups in total. The van der Waals surface area contributed by atoms with Gasteiger partial charge in [-0.25, -0.2) is 0 Å². The Bertz CT molecular complexity index is 525. The van der Waals surface area contributed by atoms with Gasteiger partial charge in [-0.05, 0) is 18.1 Å². The monoisotopic (exact) mass is 228 g/mol. The molecule has 0 spiro atoms. The van der Waals surface area contributed by atoms with Crippen molar-refractivity contribution in [3.05, 3.63) is 35.8 Å². The van der Waals surface area contributed by atoms with E-state index in [4.69, 9.17) is 5.73 Å². The maximum absolute atomic E-state index is 11.2. The summed E-state index contributed by atoms with van der Waals surface area (Å²) in [7, 11) is 0. The summed E-state index contributed by atoms with van der Waals surface area (Å²) in [6.45, 7) is 0. The molecule has 0 aromatic rings. The molecule has 0 aromatic heterocycles. The second-order valence-corrected chi connectivity index (χ2v) is 4.14. The predicted molar refractivity (Wildman–Crippen MR) is 65.3 cm³/mol. The minimum atomic E-state index is -0.439. The van der Waals surface area contributed by atoms with Gasteiger partial charge < -0.3 is 10.6 Å². The number of hydrogen-bond donors (Lipinski definition) is 1. The summed E-state index contributed by atoms with van der Waals surface area (Å²) in [6, 6.07) is -0.439. The highest BCUT2D eigenvalue weighted by atomic mass is 16.1. The normalized spacial score (nSPS) is 25.5. The Morgan fingerprint density at radius 3 is 3.24 bits per heavy atom. The van der Waals surface area contributed by atoms with Crippen molar-refractivity contribution >= 4 is 18.0 Å². The van der Waals surface area contributed by atoms with Gasteiger partial charge in [0.2, 0.25) is 5.91 Å². The number of amides is 1. The smallest absolute Gasteiger partial charge is 0.242 e. The van der Waals surface area contributed by atoms with Crippen LogP contribution >= 0.6 is 0 Å². The first kappa shape index (κ1) is 10.0. The Kier molecular flexibility index (Phi) is 2.18. The van der Waals surface area contributed by atoms with E-state index in [-0.39, 0.29) is 5.91 Å². The molecule has 3 aliphatic rings. The quantitative estimate of drug-likeness (QED) is 0.718. The van der Waals surface area contributed by atoms with Crippen LogP contribution in [-0.4, -0.2) is 28.9 Å². The number of aliphatic imine (C=N–C) groups is 2. The average molecular weight is 228 g/mol. The lowest BCUT2D eigenvalue weighted by molar-refractivity contribution is -0.119. The summed E-state index contributed by atoms with van der Waals surface area (Å²) in [5, 5.41) is 0. The number of dihydropyridines is 1. The lowest BCUT2D eigenvalue weighted by atomic mass is 10.1. The highest BCUT2D eigenvalue weighted by Crippen LogP contribution is 2.32. The lowest BCUT2D eigenvalue weighted by Gasteiger charge is -2.19. The molecule has 1 atom stereocenters. The second-order valence-electron chi connectivity index (χ2n) is 4.14. The van der Waals surface area contributed by atoms with Crippen molar-refractivity contribution in [2.24, 2.45) is 15.7 Å². The number of carbonyl (C=O) groups excluding carboxylic acids is 1. The summed E-state index contributed by atoms with van der Waals surface area (Å²) in [4.78, 5) is 21.7. The molecule has 5 heteroatoms. The van der Waals surface area contributed by atoms with Gasteiger partial charge >= 0.3 is 0 Å². The van der Waals surface area contributed by atoms with Crippen molar-refractivity contribution in [1.29, 1.82) is 0 Å². The van der Waals surface area contributed by atoms with Gasteiger partial charge in [-0.2, -0.15) is 0 Å². The van der Waals surface area contributed by atoms with Crippen LogP contribution in [-0.2, 0) is 4.79 Å². The Morgan fingerprint density at radius 2 is 2.41 bits per heavy atom. The number of amidine groups is 1. The zero-order valence-electron chi connectivity index (χ0n) is 9.21. The van der Waals surface area contributed by atoms with Gasteiger partial charge in [0.25, 0.3) is 0 Å². The highest BCUT2D eigenvalue weighted by Gasteiger charge is 2.32. The van der Waals surface area contributed by atoms with Crippen molar-refractivity contribution in [2.45, 2.75) is 18.9 Å². The molecular formula is C12H12N4O. The number of fused-ring (bicyclic) bond motifs is 3. The molecule has 5 nitrogen and oxygen atoms in total. The Morgan fingerprint density at radius 1 is 1.53 bits per heavy atom. The summed E-state index contributed by atoms with van der Waals surface area (Å²) in [6.07, 6.45) is 10.8. The molecule has 1 saturated heterocycles. The predicted octanol–water partition coefficient (Wildman–Crippen LogP) is 0.714. The number of nitrogens with two attached hydrogens (primary N) is 1. The number of allylic oxidation sites excluding steroid dienone is 2. The topological polar surface area (TPSA) is 71.1 Å². The number of carbonyl (C=O) groups is 1. The fraction of sp³-hybridized carbons (Fsp3) is 0.250. The average Bonchev–Trinajstić information content (AvgIpc) is 2.51. The molecule has 3 aliphatic heterocycles. The molecule has 3 heterocycles. The van der Waals surface area contributed by atoms with Crippen molar-refractivity contribution in [3.8, 4) is 0 Å². The van der Waals surface area contributed by atoms with E-state index in [1.165, 1.54) is 0 Å². The van der Waals surface area contributed by atoms with Gasteiger partial charge in [0.15, 0.2) is 0 Å². The molecular weight excluding hydrogens is 216 g/mol. The molecule has 17 heavy (non-hydrogen) atoms. The number of nitrogens with zero attached hydrogens (tertiary/aromatic N) is 3. The van der Waals surface area contributed by atoms with E-state index in [0.29, 0.717) is 6.42 Å². The van der Waals surface area contributed by atoms with Crippen LogP contribution in [0.5, 0.6) is 0 Å². The van der Waals surface area contributed by atoms with Crippen molar-refractivity contribution < 1.29 is 4.79 Å². The Balaban J connectivity index is 2.01. The number of hydrogen-bond acceptors (Lipinski definition) is 4. The molecule has 0 aliphatic carbocycles. The molecule has 0 bridgehead atoms. The molecule has 86 valence electrons. The summed E-state index contributed by atoms with van der Waals surface area (Å²) < 4.78 is 0. The van der Waals surface area contributed by atoms with Gasteiger partial charge in [-0.3, -0.25) is 14.8 Å². The van der Waals surface area contributed by atoms with Crippen LogP contribution in [0, 0.1) is 0 Å². The van der Waals surface area contributed by atoms with E-state index in [1.54, 1.807) is 6.21 Å². The third-order valence-electron chi connectivity index (χ3n) is 3.02. The Labute approximate surface area is 98.7 Å². The summed E-state index contributed by atoms with van der Waals surface area (Å²) in [5.41, 5.74) is 7.52. The lowest BCUT2D eigenvalue weighted by Crippen LogP contribution is -2.32. The summed E-state index contributed by atoms with van der Waals surface area (Å²) >= 11 is 0. The van der Waals surface area contributed by atoms with Gasteiger partial charge in [-0.15, -0.1) is 0 Å². The van der Waals surface area contributed by atoms with E-state index in [9.17, 15) is 4.79 Å². The first-order valence-electron chi connectivity index (χ1n) is 5.50. The highest BCUT2D eigenvalue weighted by molar-refractivity contribution is 6.05. The molecule has 3 rings (SSSR count). The van der Waals surface area contributed by atoms with Crippen LogP contribution in [0.15, 0.2) is 45.8 Å². The maximum Gasteiger partial charge on any atom is 0.242 e. The first-order valence-corrected chi connectivity index (χ1v) is 5.50. The van der Waals surface area contributed by atoms with E-state index in [0.717, 1.165) is 23.5 Å². The fourth-order valence-electron chi connectivity index (χ4n) is 2.17. The third kappa shape index (κ3) is 1.60. The largest absolute Gasteiger partial charge is 0.368 e. The molecule has 1 unspecified atom stereocenters. The number of rotatable bonds is 1. The molecule has 0 radical (unpaired) electrons. The van der Waals surface area contributed by atoms with Crippen molar-refractivity contribution in [1.82, 2.24) is 4.90 Å². The molecule has 1 fully saturated rings. The zero-order chi connectivity index (χ0) is 11.8. The van der Waals surface area contributed by atoms with E-state index < -0.39 is 6.04 Å². The van der Waals surface area contributed by atoms with E-state index in [1.807, 2.05) is 29.5 Å². The van der Waals surface area contributed by atoms with Crippen molar-refractivity contribution in [2.75, 3.05) is 0 Å². The van der Waals surface area contributed by atoms with E-state index >= 15 is 0 Å². The SMILES string of the molecule is NC(=O)C1CC=C2CC3=CN=CC=CN3C2=N1. The van der Waals surface area contributed by atoms with Crippen LogP contribution < -0.4 is 5.73 Å². The van der Waals surface area contributed by atoms with Crippen LogP contribution in [0.3, 0.4) is 0 Å². The number of primary amides is 1. The minimum absolute atomic E-state index is 0.375. The zero-order valence-corrected chi connectivity index (χ0v) is 9.21. The van der Waals surface area contributed by atoms with Crippen LogP contribution in [0.2, 0.25) is 0 Å². The Hall–Kier alpha value is -2.17. The first-order chi connectivity index (χ1) is 8.25. The van der Waals surface area contributed by atoms with Gasteiger partial charge in [-0.1, -0.05) is 6.08 Å². The van der Waals surface area contributed by atoms with E-state index in [2.05, 4.69) is 9.98 Å². The maximum atomic E-state index is 11.2. The molecule has 1 amide bonds. The summed E-state index contributed by atoms with van der Waals surface area (Å²) in [5.74, 6) is 0.452. The van der Waals surface area contributed by atoms with Gasteiger partial charge in [0.1, 0.15) is 11.9 Å². The van der Waals surface area contributed by atoms with Crippen LogP contribution in [0.1, 0.15) is 12.8 Å². The van der Waals surface area contributed by atoms with Gasteiger partial charge in [0.05, 0.1) is 0 Å². The third-order valence-corrected chi connectivity index (χ3v) is 3.02. The standard InChI is InChI=1S/C12H12N4O/c13-11(17)10-3-2-8-6-9-7-14-4-1-5-16(9)12(8)15-10/h1-2,4-5,7,10H,3,6H2,(H2,13,17). The van der Waals surface area contributed by atoms with Crippen LogP contribution in [0.25, 0.3) is 0 Å². The molecule has 0 aromatic carbocycles. The van der Waals surface area contributed by atoms with Crippen LogP contribution in [0.4, 0.5) is 0 Å². The van der Waals surface area contributed by atoms with Crippen molar-refractivity contribution in [3.63, 3.8) is 0 Å².